The van der Waals surface area contributed by atoms with Crippen LogP contribution in [-0.2, 0) is 0 Å². The average molecular weight is 708 g/mol. The lowest BCUT2D eigenvalue weighted by Gasteiger charge is -2.15. The van der Waals surface area contributed by atoms with Crippen molar-refractivity contribution in [3.05, 3.63) is 199 Å². The Bertz CT molecular complexity index is 3050. The van der Waals surface area contributed by atoms with Crippen molar-refractivity contribution >= 4 is 65.4 Å². The van der Waals surface area contributed by atoms with Gasteiger partial charge in [0.2, 0.25) is 0 Å². The Morgan fingerprint density at radius 1 is 0.500 bits per heavy atom. The fourth-order valence-electron chi connectivity index (χ4n) is 7.91. The SMILES string of the molecule is N=C(N=Cc1ccccc1)c1cc(-c2ccccc2-c2ccccc2)ccc1-c1cccc2sc3c(ccc4c3c3ccccc3n4-c3ccccc3)c12. The van der Waals surface area contributed by atoms with Gasteiger partial charge in [0.05, 0.1) is 11.0 Å². The number of fused-ring (bicyclic) bond motifs is 7. The van der Waals surface area contributed by atoms with Gasteiger partial charge in [0.1, 0.15) is 0 Å². The highest BCUT2D eigenvalue weighted by atomic mass is 32.1. The van der Waals surface area contributed by atoms with Gasteiger partial charge in [-0.15, -0.1) is 11.3 Å². The van der Waals surface area contributed by atoms with Crippen molar-refractivity contribution in [2.75, 3.05) is 0 Å². The molecule has 2 aromatic heterocycles. The van der Waals surface area contributed by atoms with Gasteiger partial charge in [-0.05, 0) is 75.3 Å². The molecule has 0 aliphatic rings. The number of hydrogen-bond donors (Lipinski definition) is 1. The second kappa shape index (κ2) is 13.3. The van der Waals surface area contributed by atoms with E-state index in [1.807, 2.05) is 47.7 Å². The molecule has 0 saturated carbocycles. The lowest BCUT2D eigenvalue weighted by molar-refractivity contribution is 1.18. The molecule has 0 bridgehead atoms. The minimum absolute atomic E-state index is 0.220. The maximum absolute atomic E-state index is 9.46. The molecule has 0 fully saturated rings. The van der Waals surface area contributed by atoms with E-state index >= 15 is 0 Å². The summed E-state index contributed by atoms with van der Waals surface area (Å²) in [4.78, 5) is 4.76. The molecule has 2 heterocycles. The lowest BCUT2D eigenvalue weighted by Crippen LogP contribution is -2.01. The number of nitrogens with one attached hydrogen (secondary N) is 1. The van der Waals surface area contributed by atoms with Crippen molar-refractivity contribution in [3.8, 4) is 39.1 Å². The number of aromatic nitrogens is 1. The van der Waals surface area contributed by atoms with E-state index < -0.39 is 0 Å². The van der Waals surface area contributed by atoms with Crippen molar-refractivity contribution < 1.29 is 0 Å². The Kier molecular flexibility index (Phi) is 7.82. The number of nitrogens with zero attached hydrogens (tertiary/aromatic N) is 2. The van der Waals surface area contributed by atoms with E-state index in [0.717, 1.165) is 50.2 Å². The normalized spacial score (nSPS) is 11.7. The van der Waals surface area contributed by atoms with E-state index in [1.54, 1.807) is 6.21 Å². The van der Waals surface area contributed by atoms with Crippen LogP contribution >= 0.6 is 11.3 Å². The first kappa shape index (κ1) is 31.8. The monoisotopic (exact) mass is 707 g/mol. The standard InChI is InChI=1S/C50H33N3S/c51-50(52-32-33-15-4-1-5-16-33)43-31-35(38-22-11-10-21-37(38)34-17-6-2-7-18-34)27-28-39(43)40-24-14-26-46-47(40)42-29-30-45-48(49(42)54-46)41-23-12-13-25-44(41)53(45)36-19-8-3-9-20-36/h1-32,51H. The minimum atomic E-state index is 0.220. The summed E-state index contributed by atoms with van der Waals surface area (Å²) in [6.07, 6.45) is 1.79. The molecule has 1 N–H and O–H groups in total. The Labute approximate surface area is 317 Å². The molecular formula is C50H33N3S. The van der Waals surface area contributed by atoms with Crippen LogP contribution in [0.5, 0.6) is 0 Å². The highest BCUT2D eigenvalue weighted by Crippen LogP contribution is 2.47. The predicted octanol–water partition coefficient (Wildman–Crippen LogP) is 13.6. The van der Waals surface area contributed by atoms with E-state index in [-0.39, 0.29) is 5.84 Å². The van der Waals surface area contributed by atoms with Crippen molar-refractivity contribution in [1.29, 1.82) is 5.41 Å². The third kappa shape index (κ3) is 5.35. The van der Waals surface area contributed by atoms with E-state index in [1.165, 1.54) is 42.0 Å². The number of amidine groups is 1. The Balaban J connectivity index is 1.20. The highest BCUT2D eigenvalue weighted by Gasteiger charge is 2.21. The van der Waals surface area contributed by atoms with Crippen molar-refractivity contribution in [2.45, 2.75) is 0 Å². The molecule has 0 aliphatic carbocycles. The Morgan fingerprint density at radius 2 is 1.17 bits per heavy atom. The average Bonchev–Trinajstić information content (AvgIpc) is 3.80. The van der Waals surface area contributed by atoms with Crippen LogP contribution in [0, 0.1) is 5.41 Å². The van der Waals surface area contributed by atoms with Gasteiger partial charge in [-0.1, -0.05) is 152 Å². The van der Waals surface area contributed by atoms with Crippen LogP contribution in [0.3, 0.4) is 0 Å². The quantitative estimate of drug-likeness (QED) is 0.132. The first-order valence-electron chi connectivity index (χ1n) is 18.1. The zero-order valence-corrected chi connectivity index (χ0v) is 30.1. The van der Waals surface area contributed by atoms with Gasteiger partial charge in [0.15, 0.2) is 5.84 Å². The molecule has 254 valence electrons. The minimum Gasteiger partial charge on any atom is -0.309 e. The second-order valence-electron chi connectivity index (χ2n) is 13.5. The summed E-state index contributed by atoms with van der Waals surface area (Å²) in [6.45, 7) is 0. The van der Waals surface area contributed by atoms with E-state index in [9.17, 15) is 5.41 Å². The Hall–Kier alpha value is -6.88. The van der Waals surface area contributed by atoms with Crippen LogP contribution in [-0.4, -0.2) is 16.6 Å². The summed E-state index contributed by atoms with van der Waals surface area (Å²) in [6, 6.07) is 66.1. The topological polar surface area (TPSA) is 41.1 Å². The first-order chi connectivity index (χ1) is 26.7. The van der Waals surface area contributed by atoms with E-state index in [4.69, 9.17) is 4.99 Å². The summed E-state index contributed by atoms with van der Waals surface area (Å²) in [5.41, 5.74) is 11.9. The molecule has 54 heavy (non-hydrogen) atoms. The van der Waals surface area contributed by atoms with Crippen LogP contribution in [0.1, 0.15) is 11.1 Å². The van der Waals surface area contributed by atoms with E-state index in [0.29, 0.717) is 0 Å². The Morgan fingerprint density at radius 3 is 1.96 bits per heavy atom. The van der Waals surface area contributed by atoms with Gasteiger partial charge in [-0.25, -0.2) is 4.99 Å². The molecule has 8 aromatic carbocycles. The fourth-order valence-corrected chi connectivity index (χ4v) is 9.19. The molecule has 0 spiro atoms. The van der Waals surface area contributed by atoms with Crippen molar-refractivity contribution in [3.63, 3.8) is 0 Å². The third-order valence-corrected chi connectivity index (χ3v) is 11.5. The van der Waals surface area contributed by atoms with Gasteiger partial charge in [-0.2, -0.15) is 0 Å². The van der Waals surface area contributed by atoms with Crippen molar-refractivity contribution in [1.82, 2.24) is 4.57 Å². The number of aliphatic imine (C=N–C) groups is 1. The van der Waals surface area contributed by atoms with Crippen LogP contribution < -0.4 is 0 Å². The molecule has 0 amide bonds. The molecule has 0 radical (unpaired) electrons. The third-order valence-electron chi connectivity index (χ3n) is 10.3. The number of rotatable bonds is 6. The van der Waals surface area contributed by atoms with Crippen LogP contribution in [0.25, 0.3) is 81.0 Å². The molecule has 0 saturated heterocycles. The van der Waals surface area contributed by atoms with Crippen LogP contribution in [0.2, 0.25) is 0 Å². The molecular weight excluding hydrogens is 675 g/mol. The summed E-state index contributed by atoms with van der Waals surface area (Å²) in [7, 11) is 0. The predicted molar refractivity (Wildman–Crippen MR) is 231 cm³/mol. The molecule has 4 heteroatoms. The second-order valence-corrected chi connectivity index (χ2v) is 14.5. The van der Waals surface area contributed by atoms with E-state index in [2.05, 4.69) is 156 Å². The first-order valence-corrected chi connectivity index (χ1v) is 18.9. The fraction of sp³-hybridized carbons (Fsp3) is 0. The van der Waals surface area contributed by atoms with Crippen molar-refractivity contribution in [2.24, 2.45) is 4.99 Å². The molecule has 0 atom stereocenters. The van der Waals surface area contributed by atoms with Gasteiger partial charge in [0.25, 0.3) is 0 Å². The molecule has 10 rings (SSSR count). The largest absolute Gasteiger partial charge is 0.309 e. The number of para-hydroxylation sites is 2. The molecule has 0 aliphatic heterocycles. The zero-order chi connectivity index (χ0) is 36.0. The number of hydrogen-bond acceptors (Lipinski definition) is 2. The van der Waals surface area contributed by atoms with Crippen LogP contribution in [0.4, 0.5) is 0 Å². The smallest absolute Gasteiger partial charge is 0.152 e. The summed E-state index contributed by atoms with van der Waals surface area (Å²) in [5.74, 6) is 0.220. The van der Waals surface area contributed by atoms with Gasteiger partial charge < -0.3 is 4.57 Å². The molecule has 10 aromatic rings. The van der Waals surface area contributed by atoms with Gasteiger partial charge in [0, 0.05) is 48.4 Å². The maximum atomic E-state index is 9.46. The number of benzene rings is 8. The molecule has 3 nitrogen and oxygen atoms in total. The summed E-state index contributed by atoms with van der Waals surface area (Å²) in [5, 5.41) is 14.4. The highest BCUT2D eigenvalue weighted by molar-refractivity contribution is 7.27. The zero-order valence-electron chi connectivity index (χ0n) is 29.3. The lowest BCUT2D eigenvalue weighted by atomic mass is 9.89. The van der Waals surface area contributed by atoms with Crippen LogP contribution in [0.15, 0.2) is 193 Å². The summed E-state index contributed by atoms with van der Waals surface area (Å²) < 4.78 is 4.87. The number of thiophene rings is 1. The van der Waals surface area contributed by atoms with Gasteiger partial charge >= 0.3 is 0 Å². The summed E-state index contributed by atoms with van der Waals surface area (Å²) >= 11 is 1.85. The van der Waals surface area contributed by atoms with Gasteiger partial charge in [-0.3, -0.25) is 5.41 Å². The molecule has 0 unspecified atom stereocenters. The maximum Gasteiger partial charge on any atom is 0.152 e.